The predicted octanol–water partition coefficient (Wildman–Crippen LogP) is 3.01. The van der Waals surface area contributed by atoms with Crippen molar-refractivity contribution in [3.8, 4) is 11.5 Å². The zero-order valence-corrected chi connectivity index (χ0v) is 18.4. The van der Waals surface area contributed by atoms with E-state index in [1.165, 1.54) is 17.7 Å². The lowest BCUT2D eigenvalue weighted by atomic mass is 9.97. The molecule has 1 heterocycles. The lowest BCUT2D eigenvalue weighted by molar-refractivity contribution is -0.134. The van der Waals surface area contributed by atoms with Crippen LogP contribution in [0.25, 0.3) is 0 Å². The highest BCUT2D eigenvalue weighted by Crippen LogP contribution is 2.21. The van der Waals surface area contributed by atoms with Crippen LogP contribution in [0, 0.1) is 11.7 Å². The van der Waals surface area contributed by atoms with E-state index in [1.54, 1.807) is 19.2 Å². The zero-order chi connectivity index (χ0) is 23.3. The Morgan fingerprint density at radius 1 is 0.970 bits per heavy atom. The van der Waals surface area contributed by atoms with Crippen LogP contribution in [0.3, 0.4) is 0 Å². The van der Waals surface area contributed by atoms with Gasteiger partial charge in [0.05, 0.1) is 13.7 Å². The first-order chi connectivity index (χ1) is 15.4. The third-order valence-corrected chi connectivity index (χ3v) is 4.94. The van der Waals surface area contributed by atoms with Gasteiger partial charge in [0, 0.05) is 18.7 Å². The highest BCUT2D eigenvalue weighted by atomic mass is 19.1. The number of nitrogens with zero attached hydrogens (tertiary/aromatic N) is 1. The largest absolute Gasteiger partial charge is 0.497 e. The molecule has 8 nitrogen and oxygen atoms in total. The molecule has 180 valence electrons. The van der Waals surface area contributed by atoms with Gasteiger partial charge in [-0.1, -0.05) is 12.1 Å². The molecule has 0 atom stereocenters. The summed E-state index contributed by atoms with van der Waals surface area (Å²) in [5.41, 5.74) is 1.32. The summed E-state index contributed by atoms with van der Waals surface area (Å²) < 4.78 is 23.9. The number of rotatable bonds is 8. The third-order valence-electron chi connectivity index (χ3n) is 4.94. The second-order valence-electron chi connectivity index (χ2n) is 7.34. The van der Waals surface area contributed by atoms with Crippen LogP contribution in [-0.2, 0) is 16.1 Å². The lowest BCUT2D eigenvalue weighted by Crippen LogP contribution is -2.35. The molecule has 0 aromatic heterocycles. The van der Waals surface area contributed by atoms with E-state index in [0.717, 1.165) is 44.0 Å². The van der Waals surface area contributed by atoms with E-state index in [0.29, 0.717) is 24.7 Å². The van der Waals surface area contributed by atoms with Crippen LogP contribution < -0.4 is 9.47 Å². The summed E-state index contributed by atoms with van der Waals surface area (Å²) in [5.74, 6) is -0.524. The van der Waals surface area contributed by atoms with Crippen molar-refractivity contribution in [2.75, 3.05) is 26.8 Å². The quantitative estimate of drug-likeness (QED) is 0.576. The molecule has 2 aromatic rings. The molecule has 3 rings (SSSR count). The van der Waals surface area contributed by atoms with Crippen LogP contribution >= 0.6 is 0 Å². The number of likely N-dealkylation sites (tertiary alicyclic amines) is 1. The number of halogens is 1. The van der Waals surface area contributed by atoms with Gasteiger partial charge in [-0.3, -0.25) is 4.90 Å². The first-order valence-corrected chi connectivity index (χ1v) is 10.2. The molecule has 0 spiro atoms. The highest BCUT2D eigenvalue weighted by Gasteiger charge is 2.19. The second-order valence-corrected chi connectivity index (χ2v) is 7.34. The van der Waals surface area contributed by atoms with Crippen LogP contribution in [0.4, 0.5) is 4.39 Å². The molecule has 0 saturated carbocycles. The summed E-state index contributed by atoms with van der Waals surface area (Å²) in [6.07, 6.45) is 3.39. The van der Waals surface area contributed by atoms with Crippen molar-refractivity contribution in [2.24, 2.45) is 5.92 Å². The second kappa shape index (κ2) is 14.6. The topological polar surface area (TPSA) is 128 Å². The van der Waals surface area contributed by atoms with Gasteiger partial charge in [-0.25, -0.2) is 14.0 Å². The molecule has 33 heavy (non-hydrogen) atoms. The van der Waals surface area contributed by atoms with Crippen LogP contribution in [-0.4, -0.2) is 59.3 Å². The number of carboxylic acids is 2. The molecule has 1 fully saturated rings. The van der Waals surface area contributed by atoms with E-state index in [2.05, 4.69) is 17.0 Å². The van der Waals surface area contributed by atoms with Crippen molar-refractivity contribution in [2.45, 2.75) is 19.4 Å². The van der Waals surface area contributed by atoms with E-state index >= 15 is 0 Å². The zero-order valence-electron chi connectivity index (χ0n) is 18.4. The summed E-state index contributed by atoms with van der Waals surface area (Å²) in [7, 11) is 1.69. The van der Waals surface area contributed by atoms with Crippen LogP contribution in [0.5, 0.6) is 11.5 Å². The average molecular weight is 464 g/mol. The fourth-order valence-electron chi connectivity index (χ4n) is 3.19. The number of carboxylic acid groups (broad SMARTS) is 2. The average Bonchev–Trinajstić information content (AvgIpc) is 2.79. The Labute approximate surface area is 192 Å². The minimum Gasteiger partial charge on any atom is -0.497 e. The van der Waals surface area contributed by atoms with E-state index in [1.807, 2.05) is 12.1 Å². The Hall–Kier alpha value is -3.43. The minimum absolute atomic E-state index is 0. The molecule has 0 unspecified atom stereocenters. The third kappa shape index (κ3) is 11.1. The van der Waals surface area contributed by atoms with Crippen LogP contribution in [0.15, 0.2) is 60.7 Å². The number of hydrogen-bond acceptors (Lipinski definition) is 5. The molecule has 1 saturated heterocycles. The fraction of sp³-hybridized carbons (Fsp3) is 0.333. The number of ether oxygens (including phenoxy) is 2. The molecule has 9 heteroatoms. The molecular weight excluding hydrogens is 433 g/mol. The number of benzene rings is 2. The van der Waals surface area contributed by atoms with Crippen LogP contribution in [0.1, 0.15) is 18.4 Å². The molecule has 0 bridgehead atoms. The number of carbonyl (C=O) groups is 2. The summed E-state index contributed by atoms with van der Waals surface area (Å²) in [6, 6.07) is 14.5. The molecule has 0 amide bonds. The maximum Gasteiger partial charge on any atom is 0.328 e. The van der Waals surface area contributed by atoms with Gasteiger partial charge in [-0.05, 0) is 73.8 Å². The fourth-order valence-corrected chi connectivity index (χ4v) is 3.19. The number of piperidine rings is 1. The Morgan fingerprint density at radius 3 is 1.97 bits per heavy atom. The van der Waals surface area contributed by atoms with E-state index in [9.17, 15) is 14.0 Å². The standard InChI is InChI=1S/C20H24FNO2.C4H4O4.H2O/c1-23-19-6-2-16(3-7-19)14-22-12-10-17(11-13-22)15-24-20-8-4-18(21)5-9-20;5-3(6)1-2-4(7)8;/h2-9,17H,10-15H2,1H3;1-2H,(H,5,6)(H,7,8);1H2/b;2-1-;. The maximum atomic E-state index is 12.9. The van der Waals surface area contributed by atoms with Gasteiger partial charge < -0.3 is 25.2 Å². The molecule has 2 aromatic carbocycles. The molecule has 0 radical (unpaired) electrons. The van der Waals surface area contributed by atoms with Crippen molar-refractivity contribution in [1.82, 2.24) is 4.90 Å². The smallest absolute Gasteiger partial charge is 0.328 e. The Balaban J connectivity index is 0.000000523. The maximum absolute atomic E-state index is 12.9. The predicted molar refractivity (Wildman–Crippen MR) is 121 cm³/mol. The van der Waals surface area contributed by atoms with Gasteiger partial charge in [0.2, 0.25) is 0 Å². The highest BCUT2D eigenvalue weighted by molar-refractivity contribution is 5.89. The number of hydrogen-bond donors (Lipinski definition) is 2. The van der Waals surface area contributed by atoms with Gasteiger partial charge in [0.15, 0.2) is 0 Å². The Kier molecular flexibility index (Phi) is 12.2. The van der Waals surface area contributed by atoms with Crippen molar-refractivity contribution in [3.05, 3.63) is 72.1 Å². The first kappa shape index (κ1) is 27.6. The van der Waals surface area contributed by atoms with Gasteiger partial charge in [-0.2, -0.15) is 0 Å². The van der Waals surface area contributed by atoms with Gasteiger partial charge in [0.25, 0.3) is 0 Å². The monoisotopic (exact) mass is 463 g/mol. The van der Waals surface area contributed by atoms with Gasteiger partial charge in [0.1, 0.15) is 17.3 Å². The van der Waals surface area contributed by atoms with E-state index < -0.39 is 11.9 Å². The van der Waals surface area contributed by atoms with Crippen molar-refractivity contribution < 1.29 is 39.1 Å². The van der Waals surface area contributed by atoms with Crippen LogP contribution in [0.2, 0.25) is 0 Å². The summed E-state index contributed by atoms with van der Waals surface area (Å²) in [6.45, 7) is 3.87. The number of aliphatic carboxylic acids is 2. The Bertz CT molecular complexity index is 861. The first-order valence-electron chi connectivity index (χ1n) is 10.2. The van der Waals surface area contributed by atoms with Gasteiger partial charge in [-0.15, -0.1) is 0 Å². The number of methoxy groups -OCH3 is 1. The molecule has 4 N–H and O–H groups in total. The summed E-state index contributed by atoms with van der Waals surface area (Å²) in [4.78, 5) is 21.6. The van der Waals surface area contributed by atoms with Gasteiger partial charge >= 0.3 is 11.9 Å². The SMILES string of the molecule is COc1ccc(CN2CCC(COc3ccc(F)cc3)CC2)cc1.O.O=C(O)/C=C\C(=O)O. The van der Waals surface area contributed by atoms with Crippen molar-refractivity contribution >= 4 is 11.9 Å². The molecule has 1 aliphatic heterocycles. The minimum atomic E-state index is -1.26. The van der Waals surface area contributed by atoms with Crippen molar-refractivity contribution in [3.63, 3.8) is 0 Å². The normalized spacial score (nSPS) is 14.0. The molecule has 0 aliphatic carbocycles. The van der Waals surface area contributed by atoms with E-state index in [4.69, 9.17) is 19.7 Å². The van der Waals surface area contributed by atoms with Crippen molar-refractivity contribution in [1.29, 1.82) is 0 Å². The summed E-state index contributed by atoms with van der Waals surface area (Å²) in [5, 5.41) is 15.6. The van der Waals surface area contributed by atoms with E-state index in [-0.39, 0.29) is 11.3 Å². The lowest BCUT2D eigenvalue weighted by Gasteiger charge is -2.31. The summed E-state index contributed by atoms with van der Waals surface area (Å²) >= 11 is 0. The molecule has 1 aliphatic rings. The molecular formula is C24H30FNO7. The Morgan fingerprint density at radius 2 is 1.48 bits per heavy atom.